The average molecular weight is 342 g/mol. The highest BCUT2D eigenvalue weighted by Gasteiger charge is 2.46. The summed E-state index contributed by atoms with van der Waals surface area (Å²) in [6.45, 7) is 13.5. The van der Waals surface area contributed by atoms with Gasteiger partial charge in [0.05, 0.1) is 11.4 Å². The normalized spacial score (nSPS) is 16.7. The smallest absolute Gasteiger partial charge is 0.0704 e. The third kappa shape index (κ3) is 2.32. The van der Waals surface area contributed by atoms with E-state index in [1.165, 1.54) is 27.9 Å². The summed E-state index contributed by atoms with van der Waals surface area (Å²) in [6, 6.07) is 15.3. The summed E-state index contributed by atoms with van der Waals surface area (Å²) < 4.78 is 0. The molecule has 0 amide bonds. The van der Waals surface area contributed by atoms with E-state index in [2.05, 4.69) is 82.9 Å². The summed E-state index contributed by atoms with van der Waals surface area (Å²) in [7, 11) is 0. The molecular weight excluding hydrogens is 316 g/mol. The van der Waals surface area contributed by atoms with E-state index >= 15 is 0 Å². The maximum absolute atomic E-state index is 4.96. The first-order chi connectivity index (χ1) is 12.2. The van der Waals surface area contributed by atoms with Gasteiger partial charge in [-0.3, -0.25) is 9.97 Å². The number of fused-ring (bicyclic) bond motifs is 3. The predicted molar refractivity (Wildman–Crippen MR) is 108 cm³/mol. The van der Waals surface area contributed by atoms with E-state index in [-0.39, 0.29) is 10.8 Å². The van der Waals surface area contributed by atoms with Crippen LogP contribution in [0.15, 0.2) is 48.7 Å². The highest BCUT2D eigenvalue weighted by atomic mass is 14.8. The molecule has 4 rings (SSSR count). The Labute approximate surface area is 156 Å². The molecule has 2 aromatic heterocycles. The van der Waals surface area contributed by atoms with Gasteiger partial charge >= 0.3 is 0 Å². The van der Waals surface area contributed by atoms with Gasteiger partial charge in [-0.05, 0) is 54.8 Å². The molecule has 1 aliphatic carbocycles. The zero-order valence-corrected chi connectivity index (χ0v) is 16.5. The summed E-state index contributed by atoms with van der Waals surface area (Å²) in [5.41, 5.74) is 9.58. The fourth-order valence-electron chi connectivity index (χ4n) is 4.05. The average Bonchev–Trinajstić information content (AvgIpc) is 2.60. The molecule has 0 N–H and O–H groups in total. The molecule has 26 heavy (non-hydrogen) atoms. The second-order valence-corrected chi connectivity index (χ2v) is 8.58. The van der Waals surface area contributed by atoms with Crippen LogP contribution >= 0.6 is 0 Å². The van der Waals surface area contributed by atoms with Crippen LogP contribution in [-0.2, 0) is 10.8 Å². The molecular formula is C24H26N2. The lowest BCUT2D eigenvalue weighted by Crippen LogP contribution is -2.44. The largest absolute Gasteiger partial charge is 0.257 e. The lowest BCUT2D eigenvalue weighted by Gasteiger charge is -2.47. The van der Waals surface area contributed by atoms with Crippen LogP contribution in [0.2, 0.25) is 0 Å². The van der Waals surface area contributed by atoms with Gasteiger partial charge in [-0.1, -0.05) is 45.9 Å². The van der Waals surface area contributed by atoms with Crippen LogP contribution in [0.25, 0.3) is 22.4 Å². The van der Waals surface area contributed by atoms with E-state index in [1.54, 1.807) is 0 Å². The van der Waals surface area contributed by atoms with E-state index < -0.39 is 0 Å². The van der Waals surface area contributed by atoms with Crippen LogP contribution in [0.5, 0.6) is 0 Å². The summed E-state index contributed by atoms with van der Waals surface area (Å²) in [6.07, 6.45) is 1.88. The van der Waals surface area contributed by atoms with Crippen molar-refractivity contribution in [3.63, 3.8) is 0 Å². The van der Waals surface area contributed by atoms with Gasteiger partial charge in [0.2, 0.25) is 0 Å². The van der Waals surface area contributed by atoms with Crippen molar-refractivity contribution in [2.24, 2.45) is 0 Å². The van der Waals surface area contributed by atoms with Crippen LogP contribution < -0.4 is 0 Å². The second kappa shape index (κ2) is 5.51. The molecule has 2 nitrogen and oxygen atoms in total. The van der Waals surface area contributed by atoms with E-state index in [9.17, 15) is 0 Å². The number of rotatable bonds is 1. The first-order valence-corrected chi connectivity index (χ1v) is 9.28. The van der Waals surface area contributed by atoms with Crippen molar-refractivity contribution in [1.82, 2.24) is 9.97 Å². The Morgan fingerprint density at radius 2 is 1.54 bits per heavy atom. The van der Waals surface area contributed by atoms with Crippen LogP contribution in [0.4, 0.5) is 0 Å². The van der Waals surface area contributed by atoms with Gasteiger partial charge in [0.15, 0.2) is 0 Å². The summed E-state index contributed by atoms with van der Waals surface area (Å²) in [5, 5.41) is 0. The zero-order chi connectivity index (χ0) is 18.7. The van der Waals surface area contributed by atoms with Crippen molar-refractivity contribution in [1.29, 1.82) is 0 Å². The quantitative estimate of drug-likeness (QED) is 0.542. The molecule has 0 saturated carbocycles. The molecule has 1 aromatic carbocycles. The van der Waals surface area contributed by atoms with Gasteiger partial charge in [-0.2, -0.15) is 0 Å². The Kier molecular flexibility index (Phi) is 3.59. The number of benzene rings is 1. The van der Waals surface area contributed by atoms with Gasteiger partial charge in [0.1, 0.15) is 0 Å². The third-order valence-corrected chi connectivity index (χ3v) is 6.38. The van der Waals surface area contributed by atoms with Crippen molar-refractivity contribution < 1.29 is 0 Å². The van der Waals surface area contributed by atoms with Crippen molar-refractivity contribution in [2.75, 3.05) is 0 Å². The highest BCUT2D eigenvalue weighted by Crippen LogP contribution is 2.53. The Bertz CT molecular complexity index is 1010. The molecule has 0 bridgehead atoms. The van der Waals surface area contributed by atoms with E-state index in [4.69, 9.17) is 4.98 Å². The van der Waals surface area contributed by atoms with Gasteiger partial charge in [0.25, 0.3) is 0 Å². The first kappa shape index (κ1) is 17.0. The minimum Gasteiger partial charge on any atom is -0.257 e. The Balaban J connectivity index is 2.00. The molecule has 1 aliphatic rings. The molecule has 0 radical (unpaired) electrons. The minimum absolute atomic E-state index is 0.00527. The maximum Gasteiger partial charge on any atom is 0.0704 e. The highest BCUT2D eigenvalue weighted by molar-refractivity contribution is 5.80. The van der Waals surface area contributed by atoms with Crippen LogP contribution in [0, 0.1) is 13.8 Å². The lowest BCUT2D eigenvalue weighted by atomic mass is 9.57. The fourth-order valence-corrected chi connectivity index (χ4v) is 4.05. The number of hydrogen-bond acceptors (Lipinski definition) is 2. The maximum atomic E-state index is 4.96. The van der Waals surface area contributed by atoms with Crippen LogP contribution in [-0.4, -0.2) is 9.97 Å². The third-order valence-electron chi connectivity index (χ3n) is 6.38. The first-order valence-electron chi connectivity index (χ1n) is 9.28. The topological polar surface area (TPSA) is 25.8 Å². The number of aryl methyl sites for hydroxylation is 2. The van der Waals surface area contributed by atoms with Gasteiger partial charge in [0, 0.05) is 33.8 Å². The Hall–Kier alpha value is -2.48. The lowest BCUT2D eigenvalue weighted by molar-refractivity contribution is 0.291. The Morgan fingerprint density at radius 1 is 0.769 bits per heavy atom. The van der Waals surface area contributed by atoms with E-state index in [0.29, 0.717) is 0 Å². The molecule has 0 saturated heterocycles. The molecule has 0 fully saturated rings. The van der Waals surface area contributed by atoms with Crippen molar-refractivity contribution >= 4 is 0 Å². The number of aromatic nitrogens is 2. The standard InChI is InChI=1S/C24H26N2/c1-15-11-12-25-21(13-15)17-8-10-20-19(14-17)18-9-7-16(2)26-22(18)24(5,6)23(20,3)4/h7-14H,1-6H3. The van der Waals surface area contributed by atoms with Crippen molar-refractivity contribution in [3.05, 3.63) is 71.2 Å². The van der Waals surface area contributed by atoms with Gasteiger partial charge in [-0.15, -0.1) is 0 Å². The molecule has 0 spiro atoms. The SMILES string of the molecule is Cc1ccnc(-c2ccc3c(c2)-c2ccc(C)nc2C(C)(C)C3(C)C)c1. The van der Waals surface area contributed by atoms with E-state index in [1.807, 2.05) is 12.3 Å². The molecule has 3 aromatic rings. The molecule has 2 heterocycles. The second-order valence-electron chi connectivity index (χ2n) is 8.58. The predicted octanol–water partition coefficient (Wildman–Crippen LogP) is 6.00. The summed E-state index contributed by atoms with van der Waals surface area (Å²) in [4.78, 5) is 9.54. The molecule has 0 aliphatic heterocycles. The summed E-state index contributed by atoms with van der Waals surface area (Å²) in [5.74, 6) is 0. The molecule has 2 heteroatoms. The fraction of sp³-hybridized carbons (Fsp3) is 0.333. The number of pyridine rings is 2. The van der Waals surface area contributed by atoms with Gasteiger partial charge in [-0.25, -0.2) is 0 Å². The molecule has 132 valence electrons. The Morgan fingerprint density at radius 3 is 2.27 bits per heavy atom. The molecule has 0 unspecified atom stereocenters. The number of nitrogens with zero attached hydrogens (tertiary/aromatic N) is 2. The number of hydrogen-bond donors (Lipinski definition) is 0. The van der Waals surface area contributed by atoms with Crippen molar-refractivity contribution in [2.45, 2.75) is 52.4 Å². The van der Waals surface area contributed by atoms with E-state index in [0.717, 1.165) is 17.0 Å². The van der Waals surface area contributed by atoms with Crippen LogP contribution in [0.3, 0.4) is 0 Å². The van der Waals surface area contributed by atoms with Crippen LogP contribution in [0.1, 0.15) is 50.2 Å². The minimum atomic E-state index is -0.0372. The van der Waals surface area contributed by atoms with Crippen molar-refractivity contribution in [3.8, 4) is 22.4 Å². The summed E-state index contributed by atoms with van der Waals surface area (Å²) >= 11 is 0. The van der Waals surface area contributed by atoms with Gasteiger partial charge < -0.3 is 0 Å². The monoisotopic (exact) mass is 342 g/mol. The zero-order valence-electron chi connectivity index (χ0n) is 16.5. The molecule has 0 atom stereocenters.